The molecule has 1 aliphatic rings. The standard InChI is InChI=1S/C19H18BrNO3/c20-16-9-5-4-8-15(16)17(22)21-12-10-19(11-13-21,18(23)24)14-6-2-1-3-7-14/h1-9H,10-13H2,(H,23,24). The SMILES string of the molecule is O=C(c1ccccc1Br)N1CCC(C(=O)O)(c2ccccc2)CC1. The number of nitrogens with zero attached hydrogens (tertiary/aromatic N) is 1. The lowest BCUT2D eigenvalue weighted by molar-refractivity contribution is -0.145. The van der Waals surface area contributed by atoms with Crippen LogP contribution in [-0.2, 0) is 10.2 Å². The molecule has 2 aromatic rings. The topological polar surface area (TPSA) is 57.6 Å². The number of carboxylic acids is 1. The number of carboxylic acid groups (broad SMARTS) is 1. The van der Waals surface area contributed by atoms with Crippen molar-refractivity contribution in [2.45, 2.75) is 18.3 Å². The van der Waals surface area contributed by atoms with Crippen molar-refractivity contribution in [2.75, 3.05) is 13.1 Å². The van der Waals surface area contributed by atoms with Crippen LogP contribution in [0, 0.1) is 0 Å². The summed E-state index contributed by atoms with van der Waals surface area (Å²) in [5.41, 5.74) is 0.511. The predicted molar refractivity (Wildman–Crippen MR) is 95.0 cm³/mol. The van der Waals surface area contributed by atoms with Gasteiger partial charge in [0.25, 0.3) is 5.91 Å². The number of carbonyl (C=O) groups excluding carboxylic acids is 1. The quantitative estimate of drug-likeness (QED) is 0.872. The van der Waals surface area contributed by atoms with E-state index in [2.05, 4.69) is 15.9 Å². The molecule has 0 radical (unpaired) electrons. The average Bonchev–Trinajstić information content (AvgIpc) is 2.62. The molecule has 0 aromatic heterocycles. The van der Waals surface area contributed by atoms with E-state index >= 15 is 0 Å². The average molecular weight is 388 g/mol. The van der Waals surface area contributed by atoms with Crippen LogP contribution in [0.5, 0.6) is 0 Å². The molecule has 1 amide bonds. The fourth-order valence-corrected chi connectivity index (χ4v) is 3.73. The largest absolute Gasteiger partial charge is 0.481 e. The minimum absolute atomic E-state index is 0.0606. The summed E-state index contributed by atoms with van der Waals surface area (Å²) in [6, 6.07) is 16.6. The number of hydrogen-bond acceptors (Lipinski definition) is 2. The molecule has 24 heavy (non-hydrogen) atoms. The molecule has 5 heteroatoms. The summed E-state index contributed by atoms with van der Waals surface area (Å²) < 4.78 is 0.758. The third-order valence-corrected chi connectivity index (χ3v) is 5.44. The Balaban J connectivity index is 1.80. The second kappa shape index (κ2) is 6.77. The Bertz CT molecular complexity index is 752. The van der Waals surface area contributed by atoms with E-state index < -0.39 is 11.4 Å². The summed E-state index contributed by atoms with van der Waals surface area (Å²) >= 11 is 3.40. The van der Waals surface area contributed by atoms with Crippen molar-refractivity contribution < 1.29 is 14.7 Å². The monoisotopic (exact) mass is 387 g/mol. The van der Waals surface area contributed by atoms with Crippen LogP contribution in [0.1, 0.15) is 28.8 Å². The number of likely N-dealkylation sites (tertiary alicyclic amines) is 1. The zero-order valence-corrected chi connectivity index (χ0v) is 14.7. The molecule has 3 rings (SSSR count). The van der Waals surface area contributed by atoms with Gasteiger partial charge in [-0.15, -0.1) is 0 Å². The van der Waals surface area contributed by atoms with Gasteiger partial charge in [-0.2, -0.15) is 0 Å². The maximum atomic E-state index is 12.7. The highest BCUT2D eigenvalue weighted by Crippen LogP contribution is 2.36. The van der Waals surface area contributed by atoms with Gasteiger partial charge in [-0.3, -0.25) is 9.59 Å². The van der Waals surface area contributed by atoms with E-state index in [1.807, 2.05) is 48.5 Å². The Hall–Kier alpha value is -2.14. The van der Waals surface area contributed by atoms with Crippen LogP contribution in [0.4, 0.5) is 0 Å². The molecule has 0 atom stereocenters. The molecule has 1 aliphatic heterocycles. The fraction of sp³-hybridized carbons (Fsp3) is 0.263. The van der Waals surface area contributed by atoms with Crippen LogP contribution in [-0.4, -0.2) is 35.0 Å². The zero-order valence-electron chi connectivity index (χ0n) is 13.1. The number of hydrogen-bond donors (Lipinski definition) is 1. The molecule has 1 fully saturated rings. The number of halogens is 1. The lowest BCUT2D eigenvalue weighted by Crippen LogP contribution is -2.49. The second-order valence-corrected chi connectivity index (χ2v) is 6.88. The van der Waals surface area contributed by atoms with Gasteiger partial charge in [0.1, 0.15) is 0 Å². The third-order valence-electron chi connectivity index (χ3n) is 4.74. The smallest absolute Gasteiger partial charge is 0.314 e. The van der Waals surface area contributed by atoms with Crippen molar-refractivity contribution in [1.82, 2.24) is 4.90 Å². The van der Waals surface area contributed by atoms with Gasteiger partial charge < -0.3 is 10.0 Å². The van der Waals surface area contributed by atoms with Crippen LogP contribution >= 0.6 is 15.9 Å². The molecule has 0 spiro atoms. The van der Waals surface area contributed by atoms with E-state index in [0.717, 1.165) is 10.0 Å². The number of carbonyl (C=O) groups is 2. The first-order valence-electron chi connectivity index (χ1n) is 7.87. The van der Waals surface area contributed by atoms with Crippen molar-refractivity contribution in [2.24, 2.45) is 0 Å². The molecule has 0 aliphatic carbocycles. The number of piperidine rings is 1. The lowest BCUT2D eigenvalue weighted by Gasteiger charge is -2.39. The maximum absolute atomic E-state index is 12.7. The van der Waals surface area contributed by atoms with Gasteiger partial charge >= 0.3 is 5.97 Å². The van der Waals surface area contributed by atoms with Crippen LogP contribution in [0.2, 0.25) is 0 Å². The van der Waals surface area contributed by atoms with Gasteiger partial charge in [0.2, 0.25) is 0 Å². The summed E-state index contributed by atoms with van der Waals surface area (Å²) in [4.78, 5) is 26.4. The van der Waals surface area contributed by atoms with E-state index in [4.69, 9.17) is 0 Å². The zero-order chi connectivity index (χ0) is 17.2. The van der Waals surface area contributed by atoms with Crippen LogP contribution in [0.15, 0.2) is 59.1 Å². The van der Waals surface area contributed by atoms with Gasteiger partial charge in [-0.25, -0.2) is 0 Å². The summed E-state index contributed by atoms with van der Waals surface area (Å²) in [5.74, 6) is -0.879. The summed E-state index contributed by atoms with van der Waals surface area (Å²) in [7, 11) is 0. The predicted octanol–water partition coefficient (Wildman–Crippen LogP) is 3.71. The van der Waals surface area contributed by atoms with E-state index in [-0.39, 0.29) is 5.91 Å². The van der Waals surface area contributed by atoms with E-state index in [1.165, 1.54) is 0 Å². The number of aliphatic carboxylic acids is 1. The number of benzene rings is 2. The van der Waals surface area contributed by atoms with Gasteiger partial charge in [-0.05, 0) is 46.5 Å². The fourth-order valence-electron chi connectivity index (χ4n) is 3.28. The van der Waals surface area contributed by atoms with Crippen LogP contribution < -0.4 is 0 Å². The highest BCUT2D eigenvalue weighted by molar-refractivity contribution is 9.10. The lowest BCUT2D eigenvalue weighted by atomic mass is 9.73. The van der Waals surface area contributed by atoms with Gasteiger partial charge in [0.15, 0.2) is 0 Å². The highest BCUT2D eigenvalue weighted by atomic mass is 79.9. The molecule has 0 bridgehead atoms. The highest BCUT2D eigenvalue weighted by Gasteiger charge is 2.43. The minimum atomic E-state index is -0.911. The molecule has 0 saturated carbocycles. The molecule has 1 N–H and O–H groups in total. The molecule has 1 heterocycles. The number of amides is 1. The van der Waals surface area contributed by atoms with Crippen LogP contribution in [0.3, 0.4) is 0 Å². The first-order chi connectivity index (χ1) is 11.5. The Morgan fingerprint density at radius 2 is 1.54 bits per heavy atom. The molecule has 2 aromatic carbocycles. The Morgan fingerprint density at radius 3 is 2.12 bits per heavy atom. The minimum Gasteiger partial charge on any atom is -0.481 e. The second-order valence-electron chi connectivity index (χ2n) is 6.03. The van der Waals surface area contributed by atoms with Gasteiger partial charge in [0.05, 0.1) is 11.0 Å². The summed E-state index contributed by atoms with van der Waals surface area (Å²) in [6.07, 6.45) is 0.838. The van der Waals surface area contributed by atoms with Gasteiger partial charge in [0, 0.05) is 17.6 Å². The van der Waals surface area contributed by atoms with Gasteiger partial charge in [-0.1, -0.05) is 42.5 Å². The van der Waals surface area contributed by atoms with Crippen molar-refractivity contribution in [1.29, 1.82) is 0 Å². The maximum Gasteiger partial charge on any atom is 0.314 e. The Kier molecular flexibility index (Phi) is 4.71. The van der Waals surface area contributed by atoms with Crippen LogP contribution in [0.25, 0.3) is 0 Å². The van der Waals surface area contributed by atoms with E-state index in [9.17, 15) is 14.7 Å². The molecule has 1 saturated heterocycles. The van der Waals surface area contributed by atoms with Crippen molar-refractivity contribution in [3.63, 3.8) is 0 Å². The normalized spacial score (nSPS) is 16.6. The summed E-state index contributed by atoms with van der Waals surface area (Å²) in [5, 5.41) is 9.82. The van der Waals surface area contributed by atoms with Crippen molar-refractivity contribution in [3.8, 4) is 0 Å². The number of rotatable bonds is 3. The van der Waals surface area contributed by atoms with Crippen molar-refractivity contribution in [3.05, 3.63) is 70.2 Å². The van der Waals surface area contributed by atoms with Crippen molar-refractivity contribution >= 4 is 27.8 Å². The molecule has 0 unspecified atom stereocenters. The molecular weight excluding hydrogens is 370 g/mol. The Labute approximate surface area is 149 Å². The Morgan fingerprint density at radius 1 is 0.958 bits per heavy atom. The summed E-state index contributed by atoms with van der Waals surface area (Å²) in [6.45, 7) is 0.864. The van der Waals surface area contributed by atoms with E-state index in [1.54, 1.807) is 11.0 Å². The first kappa shape index (κ1) is 16.7. The molecular formula is C19H18BrNO3. The first-order valence-corrected chi connectivity index (χ1v) is 8.67. The molecule has 124 valence electrons. The third kappa shape index (κ3) is 2.96. The molecule has 4 nitrogen and oxygen atoms in total. The van der Waals surface area contributed by atoms with E-state index in [0.29, 0.717) is 31.5 Å².